The van der Waals surface area contributed by atoms with Crippen LogP contribution in [0, 0.1) is 0 Å². The topological polar surface area (TPSA) is 58.6 Å². The van der Waals surface area contributed by atoms with Crippen LogP contribution in [0.1, 0.15) is 4.88 Å². The summed E-state index contributed by atoms with van der Waals surface area (Å²) in [5, 5.41) is 13.6. The van der Waals surface area contributed by atoms with E-state index in [9.17, 15) is 4.79 Å². The third-order valence-corrected chi connectivity index (χ3v) is 2.74. The number of hydrogen-bond acceptors (Lipinski definition) is 4. The smallest absolute Gasteiger partial charge is 0.225 e. The Hall–Kier alpha value is -0.910. The second-order valence-electron chi connectivity index (χ2n) is 3.16. The molecule has 0 radical (unpaired) electrons. The minimum absolute atomic E-state index is 0.0893. The summed E-state index contributed by atoms with van der Waals surface area (Å²) in [5.74, 6) is -0.0893. The molecule has 0 fully saturated rings. The normalized spacial score (nSPS) is 12.4. The summed E-state index contributed by atoms with van der Waals surface area (Å²) in [7, 11) is 1.54. The van der Waals surface area contributed by atoms with Crippen LogP contribution in [0.4, 0.5) is 0 Å². The molecule has 0 aliphatic carbocycles. The monoisotopic (exact) mass is 229 g/mol. The highest BCUT2D eigenvalue weighted by molar-refractivity contribution is 7.10. The summed E-state index contributed by atoms with van der Waals surface area (Å²) in [6.07, 6.45) is 0.359. The number of ether oxygens (including phenoxy) is 1. The standard InChI is InChI=1S/C10H15NO3S/c1-14-7-8(6-12)11-10(13)5-9-3-2-4-15-9/h2-4,8,12H,5-7H2,1H3,(H,11,13). The van der Waals surface area contributed by atoms with Gasteiger partial charge in [-0.1, -0.05) is 6.07 Å². The summed E-state index contributed by atoms with van der Waals surface area (Å²) in [4.78, 5) is 12.5. The predicted molar refractivity (Wildman–Crippen MR) is 58.9 cm³/mol. The molecule has 0 aliphatic rings. The molecule has 1 aromatic rings. The zero-order valence-corrected chi connectivity index (χ0v) is 9.42. The number of carbonyl (C=O) groups is 1. The molecule has 0 aliphatic heterocycles. The molecule has 0 aromatic carbocycles. The van der Waals surface area contributed by atoms with E-state index in [1.54, 1.807) is 11.3 Å². The van der Waals surface area contributed by atoms with E-state index in [2.05, 4.69) is 5.32 Å². The largest absolute Gasteiger partial charge is 0.394 e. The molecular formula is C10H15NO3S. The van der Waals surface area contributed by atoms with E-state index in [1.807, 2.05) is 17.5 Å². The highest BCUT2D eigenvalue weighted by Gasteiger charge is 2.11. The highest BCUT2D eigenvalue weighted by Crippen LogP contribution is 2.08. The molecule has 2 N–H and O–H groups in total. The maximum absolute atomic E-state index is 11.5. The fraction of sp³-hybridized carbons (Fsp3) is 0.500. The lowest BCUT2D eigenvalue weighted by Gasteiger charge is -2.14. The second-order valence-corrected chi connectivity index (χ2v) is 4.19. The Bertz CT molecular complexity index is 287. The lowest BCUT2D eigenvalue weighted by atomic mass is 10.3. The van der Waals surface area contributed by atoms with E-state index in [-0.39, 0.29) is 18.6 Å². The maximum Gasteiger partial charge on any atom is 0.225 e. The summed E-state index contributed by atoms with van der Waals surface area (Å²) >= 11 is 1.54. The van der Waals surface area contributed by atoms with Gasteiger partial charge in [0, 0.05) is 12.0 Å². The number of nitrogens with one attached hydrogen (secondary N) is 1. The van der Waals surface area contributed by atoms with E-state index in [0.717, 1.165) is 4.88 Å². The minimum atomic E-state index is -0.317. The van der Waals surface area contributed by atoms with Gasteiger partial charge in [0.05, 0.1) is 25.7 Å². The van der Waals surface area contributed by atoms with Crippen molar-refractivity contribution in [1.82, 2.24) is 5.32 Å². The predicted octanol–water partition coefficient (Wildman–Crippen LogP) is 0.414. The molecule has 1 atom stereocenters. The first-order valence-electron chi connectivity index (χ1n) is 4.67. The molecule has 4 nitrogen and oxygen atoms in total. The van der Waals surface area contributed by atoms with Gasteiger partial charge in [0.1, 0.15) is 0 Å². The molecule has 1 unspecified atom stereocenters. The molecule has 0 spiro atoms. The van der Waals surface area contributed by atoms with Crippen LogP contribution in [0.3, 0.4) is 0 Å². The van der Waals surface area contributed by atoms with Crippen molar-refractivity contribution in [3.8, 4) is 0 Å². The molecule has 0 saturated heterocycles. The Morgan fingerprint density at radius 1 is 1.73 bits per heavy atom. The summed E-state index contributed by atoms with van der Waals surface area (Å²) in [5.41, 5.74) is 0. The Balaban J connectivity index is 2.34. The van der Waals surface area contributed by atoms with Crippen molar-refractivity contribution in [1.29, 1.82) is 0 Å². The van der Waals surface area contributed by atoms with Crippen LogP contribution in [-0.4, -0.2) is 37.4 Å². The maximum atomic E-state index is 11.5. The molecule has 1 rings (SSSR count). The number of rotatable bonds is 6. The fourth-order valence-corrected chi connectivity index (χ4v) is 1.89. The van der Waals surface area contributed by atoms with Crippen LogP contribution in [-0.2, 0) is 16.0 Å². The van der Waals surface area contributed by atoms with Gasteiger partial charge in [0.2, 0.25) is 5.91 Å². The van der Waals surface area contributed by atoms with Crippen molar-refractivity contribution in [2.45, 2.75) is 12.5 Å². The average Bonchev–Trinajstić information content (AvgIpc) is 2.69. The number of aliphatic hydroxyl groups is 1. The third kappa shape index (κ3) is 4.42. The van der Waals surface area contributed by atoms with Crippen molar-refractivity contribution in [2.75, 3.05) is 20.3 Å². The van der Waals surface area contributed by atoms with Gasteiger partial charge in [-0.2, -0.15) is 0 Å². The van der Waals surface area contributed by atoms with E-state index >= 15 is 0 Å². The summed E-state index contributed by atoms with van der Waals surface area (Å²) in [6, 6.07) is 3.50. The van der Waals surface area contributed by atoms with Crippen LogP contribution in [0.15, 0.2) is 17.5 Å². The van der Waals surface area contributed by atoms with Gasteiger partial charge in [-0.3, -0.25) is 4.79 Å². The Morgan fingerprint density at radius 3 is 3.07 bits per heavy atom. The lowest BCUT2D eigenvalue weighted by molar-refractivity contribution is -0.121. The molecular weight excluding hydrogens is 214 g/mol. The average molecular weight is 229 g/mol. The molecule has 15 heavy (non-hydrogen) atoms. The van der Waals surface area contributed by atoms with Crippen LogP contribution >= 0.6 is 11.3 Å². The van der Waals surface area contributed by atoms with E-state index in [0.29, 0.717) is 13.0 Å². The first-order valence-corrected chi connectivity index (χ1v) is 5.55. The van der Waals surface area contributed by atoms with Gasteiger partial charge >= 0.3 is 0 Å². The molecule has 1 amide bonds. The number of methoxy groups -OCH3 is 1. The fourth-order valence-electron chi connectivity index (χ4n) is 1.19. The van der Waals surface area contributed by atoms with Crippen molar-refractivity contribution < 1.29 is 14.6 Å². The Labute approximate surface area is 92.9 Å². The summed E-state index contributed by atoms with van der Waals surface area (Å²) < 4.78 is 4.86. The van der Waals surface area contributed by atoms with Gasteiger partial charge in [-0.25, -0.2) is 0 Å². The van der Waals surface area contributed by atoms with Gasteiger partial charge in [0.25, 0.3) is 0 Å². The quantitative estimate of drug-likeness (QED) is 0.743. The SMILES string of the molecule is COCC(CO)NC(=O)Cc1cccs1. The molecule has 0 bridgehead atoms. The highest BCUT2D eigenvalue weighted by atomic mass is 32.1. The number of hydrogen-bond donors (Lipinski definition) is 2. The van der Waals surface area contributed by atoms with Crippen LogP contribution in [0.2, 0.25) is 0 Å². The van der Waals surface area contributed by atoms with Crippen molar-refractivity contribution in [3.63, 3.8) is 0 Å². The number of carbonyl (C=O) groups excluding carboxylic acids is 1. The first-order chi connectivity index (χ1) is 7.26. The summed E-state index contributed by atoms with van der Waals surface area (Å²) in [6.45, 7) is 0.219. The van der Waals surface area contributed by atoms with Gasteiger partial charge in [-0.15, -0.1) is 11.3 Å². The second kappa shape index (κ2) is 6.55. The number of thiophene rings is 1. The first kappa shape index (κ1) is 12.2. The van der Waals surface area contributed by atoms with E-state index < -0.39 is 0 Å². The van der Waals surface area contributed by atoms with Crippen molar-refractivity contribution in [2.24, 2.45) is 0 Å². The van der Waals surface area contributed by atoms with Crippen molar-refractivity contribution >= 4 is 17.2 Å². The zero-order valence-electron chi connectivity index (χ0n) is 8.60. The Kier molecular flexibility index (Phi) is 5.31. The van der Waals surface area contributed by atoms with Crippen LogP contribution < -0.4 is 5.32 Å². The molecule has 0 saturated carbocycles. The third-order valence-electron chi connectivity index (χ3n) is 1.87. The lowest BCUT2D eigenvalue weighted by Crippen LogP contribution is -2.41. The van der Waals surface area contributed by atoms with Crippen LogP contribution in [0.5, 0.6) is 0 Å². The number of aliphatic hydroxyl groups excluding tert-OH is 1. The number of amides is 1. The van der Waals surface area contributed by atoms with Gasteiger partial charge in [0.15, 0.2) is 0 Å². The molecule has 1 aromatic heterocycles. The van der Waals surface area contributed by atoms with Gasteiger partial charge in [-0.05, 0) is 11.4 Å². The van der Waals surface area contributed by atoms with Crippen molar-refractivity contribution in [3.05, 3.63) is 22.4 Å². The van der Waals surface area contributed by atoms with Crippen LogP contribution in [0.25, 0.3) is 0 Å². The Morgan fingerprint density at radius 2 is 2.53 bits per heavy atom. The molecule has 5 heteroatoms. The minimum Gasteiger partial charge on any atom is -0.394 e. The van der Waals surface area contributed by atoms with Gasteiger partial charge < -0.3 is 15.2 Å². The van der Waals surface area contributed by atoms with E-state index in [1.165, 1.54) is 7.11 Å². The zero-order chi connectivity index (χ0) is 11.1. The molecule has 84 valence electrons. The molecule has 1 heterocycles. The van der Waals surface area contributed by atoms with E-state index in [4.69, 9.17) is 9.84 Å².